The summed E-state index contributed by atoms with van der Waals surface area (Å²) in [4.78, 5) is 10.5. The van der Waals surface area contributed by atoms with Crippen molar-refractivity contribution in [2.75, 3.05) is 0 Å². The molecule has 1 atom stereocenters. The van der Waals surface area contributed by atoms with Crippen LogP contribution < -0.4 is 4.72 Å². The van der Waals surface area contributed by atoms with Gasteiger partial charge in [0.2, 0.25) is 10.0 Å². The van der Waals surface area contributed by atoms with E-state index in [1.807, 2.05) is 4.72 Å². The van der Waals surface area contributed by atoms with Crippen molar-refractivity contribution in [1.82, 2.24) is 4.72 Å². The van der Waals surface area contributed by atoms with Gasteiger partial charge in [0.15, 0.2) is 0 Å². The Morgan fingerprint density at radius 3 is 2.35 bits per heavy atom. The van der Waals surface area contributed by atoms with Crippen molar-refractivity contribution in [3.63, 3.8) is 0 Å². The van der Waals surface area contributed by atoms with E-state index < -0.39 is 27.9 Å². The first-order valence-corrected chi connectivity index (χ1v) is 6.36. The Hall–Kier alpha value is -1.47. The van der Waals surface area contributed by atoms with E-state index >= 15 is 0 Å². The Morgan fingerprint density at radius 2 is 1.94 bits per heavy atom. The summed E-state index contributed by atoms with van der Waals surface area (Å²) in [5.41, 5.74) is 0. The van der Waals surface area contributed by atoms with E-state index in [1.54, 1.807) is 6.92 Å². The number of nitrogens with one attached hydrogen (secondary N) is 1. The Balaban J connectivity index is 2.96. The van der Waals surface area contributed by atoms with Crippen molar-refractivity contribution in [2.45, 2.75) is 24.3 Å². The number of hydrogen-bond donors (Lipinski definition) is 2. The Bertz CT molecular complexity index is 498. The first-order chi connectivity index (χ1) is 7.86. The van der Waals surface area contributed by atoms with Gasteiger partial charge in [-0.2, -0.15) is 4.72 Å². The van der Waals surface area contributed by atoms with Gasteiger partial charge in [0.1, 0.15) is 11.9 Å². The molecule has 0 aromatic heterocycles. The van der Waals surface area contributed by atoms with Crippen LogP contribution in [-0.4, -0.2) is 25.5 Å². The number of carboxylic acids is 1. The topological polar surface area (TPSA) is 83.5 Å². The number of halogens is 1. The van der Waals surface area contributed by atoms with Crippen molar-refractivity contribution in [3.8, 4) is 0 Å². The molecule has 1 rings (SSSR count). The molecular weight excluding hydrogens is 249 g/mol. The van der Waals surface area contributed by atoms with Crippen molar-refractivity contribution in [3.05, 3.63) is 30.1 Å². The van der Waals surface area contributed by atoms with Crippen molar-refractivity contribution >= 4 is 16.0 Å². The third kappa shape index (κ3) is 3.50. The fourth-order valence-electron chi connectivity index (χ4n) is 1.18. The summed E-state index contributed by atoms with van der Waals surface area (Å²) in [7, 11) is -3.93. The summed E-state index contributed by atoms with van der Waals surface area (Å²) in [6, 6.07) is 2.95. The summed E-state index contributed by atoms with van der Waals surface area (Å²) in [5.74, 6) is -1.81. The largest absolute Gasteiger partial charge is 0.480 e. The minimum atomic E-state index is -3.93. The number of aliphatic carboxylic acids is 1. The highest BCUT2D eigenvalue weighted by molar-refractivity contribution is 7.89. The zero-order chi connectivity index (χ0) is 13.1. The standard InChI is InChI=1S/C10H12FNO4S/c1-2-9(10(13)14)12-17(15,16)8-5-3-7(11)4-6-8/h3-6,9,12H,2H2,1H3,(H,13,14)/t9-/m1/s1. The molecule has 0 spiro atoms. The van der Waals surface area contributed by atoms with E-state index in [-0.39, 0.29) is 11.3 Å². The molecule has 94 valence electrons. The maximum absolute atomic E-state index is 12.6. The highest BCUT2D eigenvalue weighted by Crippen LogP contribution is 2.10. The van der Waals surface area contributed by atoms with Crippen LogP contribution in [0.25, 0.3) is 0 Å². The lowest BCUT2D eigenvalue weighted by Gasteiger charge is -2.12. The van der Waals surface area contributed by atoms with Crippen LogP contribution in [0.4, 0.5) is 4.39 Å². The van der Waals surface area contributed by atoms with Gasteiger partial charge in [-0.25, -0.2) is 12.8 Å². The molecule has 0 unspecified atom stereocenters. The van der Waals surface area contributed by atoms with Crippen LogP contribution >= 0.6 is 0 Å². The third-order valence-corrected chi connectivity index (χ3v) is 3.62. The Morgan fingerprint density at radius 1 is 1.41 bits per heavy atom. The highest BCUT2D eigenvalue weighted by atomic mass is 32.2. The molecule has 2 N–H and O–H groups in total. The van der Waals surface area contributed by atoms with Crippen molar-refractivity contribution < 1.29 is 22.7 Å². The average Bonchev–Trinajstić information content (AvgIpc) is 2.26. The fraction of sp³-hybridized carbons (Fsp3) is 0.300. The lowest BCUT2D eigenvalue weighted by atomic mass is 10.2. The molecule has 1 aromatic rings. The van der Waals surface area contributed by atoms with E-state index in [0.29, 0.717) is 0 Å². The van der Waals surface area contributed by atoms with Gasteiger partial charge >= 0.3 is 5.97 Å². The van der Waals surface area contributed by atoms with Crippen LogP contribution in [0, 0.1) is 5.82 Å². The number of carboxylic acid groups (broad SMARTS) is 1. The quantitative estimate of drug-likeness (QED) is 0.827. The maximum Gasteiger partial charge on any atom is 0.321 e. The fourth-order valence-corrected chi connectivity index (χ4v) is 2.45. The Kier molecular flexibility index (Phi) is 4.19. The highest BCUT2D eigenvalue weighted by Gasteiger charge is 2.23. The smallest absolute Gasteiger partial charge is 0.321 e. The molecule has 0 amide bonds. The molecule has 0 heterocycles. The zero-order valence-electron chi connectivity index (χ0n) is 9.05. The van der Waals surface area contributed by atoms with Crippen LogP contribution in [0.3, 0.4) is 0 Å². The molecule has 0 fully saturated rings. The van der Waals surface area contributed by atoms with E-state index in [1.165, 1.54) is 0 Å². The molecule has 0 saturated carbocycles. The van der Waals surface area contributed by atoms with Crippen LogP contribution in [0.5, 0.6) is 0 Å². The van der Waals surface area contributed by atoms with Gasteiger partial charge in [-0.3, -0.25) is 4.79 Å². The molecule has 0 aliphatic carbocycles. The van der Waals surface area contributed by atoms with Gasteiger partial charge in [0.25, 0.3) is 0 Å². The summed E-state index contributed by atoms with van der Waals surface area (Å²) >= 11 is 0. The maximum atomic E-state index is 12.6. The lowest BCUT2D eigenvalue weighted by Crippen LogP contribution is -2.40. The van der Waals surface area contributed by atoms with E-state index in [9.17, 15) is 17.6 Å². The van der Waals surface area contributed by atoms with Gasteiger partial charge in [-0.1, -0.05) is 6.92 Å². The SMILES string of the molecule is CC[C@@H](NS(=O)(=O)c1ccc(F)cc1)C(=O)O. The molecular formula is C10H12FNO4S. The number of carbonyl (C=O) groups is 1. The first kappa shape index (κ1) is 13.6. The van der Waals surface area contributed by atoms with Crippen LogP contribution in [0.1, 0.15) is 13.3 Å². The second-order valence-electron chi connectivity index (χ2n) is 3.37. The number of sulfonamides is 1. The van der Waals surface area contributed by atoms with Crippen molar-refractivity contribution in [1.29, 1.82) is 0 Å². The molecule has 5 nitrogen and oxygen atoms in total. The predicted molar refractivity (Wildman–Crippen MR) is 58.4 cm³/mol. The monoisotopic (exact) mass is 261 g/mol. The summed E-state index contributed by atoms with van der Waals surface area (Å²) in [5, 5.41) is 8.74. The Labute approximate surface area is 98.3 Å². The van der Waals surface area contributed by atoms with Crippen molar-refractivity contribution in [2.24, 2.45) is 0 Å². The molecule has 7 heteroatoms. The summed E-state index contributed by atoms with van der Waals surface area (Å²) < 4.78 is 38.1. The van der Waals surface area contributed by atoms with Gasteiger partial charge in [0, 0.05) is 0 Å². The molecule has 0 aliphatic rings. The first-order valence-electron chi connectivity index (χ1n) is 4.87. The third-order valence-electron chi connectivity index (χ3n) is 2.13. The minimum Gasteiger partial charge on any atom is -0.480 e. The minimum absolute atomic E-state index is 0.121. The second-order valence-corrected chi connectivity index (χ2v) is 5.09. The van der Waals surface area contributed by atoms with Gasteiger partial charge in [0.05, 0.1) is 4.90 Å². The number of benzene rings is 1. The lowest BCUT2D eigenvalue weighted by molar-refractivity contribution is -0.139. The number of hydrogen-bond acceptors (Lipinski definition) is 3. The molecule has 0 radical (unpaired) electrons. The zero-order valence-corrected chi connectivity index (χ0v) is 9.87. The van der Waals surface area contributed by atoms with Gasteiger partial charge in [-0.15, -0.1) is 0 Å². The molecule has 0 saturated heterocycles. The molecule has 17 heavy (non-hydrogen) atoms. The summed E-state index contributed by atoms with van der Waals surface area (Å²) in [6.45, 7) is 1.55. The number of rotatable bonds is 5. The molecule has 1 aromatic carbocycles. The normalized spacial score (nSPS) is 13.3. The summed E-state index contributed by atoms with van der Waals surface area (Å²) in [6.07, 6.45) is 0.121. The van der Waals surface area contributed by atoms with Crippen LogP contribution in [0.15, 0.2) is 29.2 Å². The van der Waals surface area contributed by atoms with Crippen LogP contribution in [-0.2, 0) is 14.8 Å². The van der Waals surface area contributed by atoms with Gasteiger partial charge in [-0.05, 0) is 30.7 Å². The van der Waals surface area contributed by atoms with E-state index in [4.69, 9.17) is 5.11 Å². The van der Waals surface area contributed by atoms with Crippen LogP contribution in [0.2, 0.25) is 0 Å². The van der Waals surface area contributed by atoms with E-state index in [2.05, 4.69) is 0 Å². The molecule has 0 aliphatic heterocycles. The van der Waals surface area contributed by atoms with Gasteiger partial charge < -0.3 is 5.11 Å². The molecule has 0 bridgehead atoms. The van der Waals surface area contributed by atoms with E-state index in [0.717, 1.165) is 24.3 Å². The second kappa shape index (κ2) is 5.24. The predicted octanol–water partition coefficient (Wildman–Crippen LogP) is 0.967. The average molecular weight is 261 g/mol.